The molecule has 1 aliphatic rings. The van der Waals surface area contributed by atoms with Crippen LogP contribution in [0.4, 0.5) is 11.6 Å². The fourth-order valence-electron chi connectivity index (χ4n) is 3.54. The average Bonchev–Trinajstić information content (AvgIpc) is 3.24. The number of nitrogens with zero attached hydrogens (tertiary/aromatic N) is 2. The number of anilines is 1. The number of hydrogen-bond donors (Lipinski definition) is 6. The first-order chi connectivity index (χ1) is 17.3. The lowest BCUT2D eigenvalue weighted by molar-refractivity contribution is -0.140. The van der Waals surface area contributed by atoms with Crippen molar-refractivity contribution < 1.29 is 34.5 Å². The van der Waals surface area contributed by atoms with E-state index in [2.05, 4.69) is 20.6 Å². The van der Waals surface area contributed by atoms with Crippen LogP contribution in [0.2, 0.25) is 0 Å². The van der Waals surface area contributed by atoms with E-state index in [-0.39, 0.29) is 24.3 Å². The SMILES string of the molecule is CC(C)(C)C(=O)Nc1cc2c([nH]1)N=CN(CCc1ccc(C(=O)N[C@@H](CCC(=O)O)C(=O)O)cc1)C2O. The number of nitrogens with one attached hydrogen (secondary N) is 3. The molecule has 0 aliphatic carbocycles. The Hall–Kier alpha value is -4.19. The molecule has 0 fully saturated rings. The molecular formula is C25H31N5O7. The molecule has 6 N–H and O–H groups in total. The fourth-order valence-corrected chi connectivity index (χ4v) is 3.54. The molecule has 37 heavy (non-hydrogen) atoms. The number of aliphatic hydroxyl groups excluding tert-OH is 1. The summed E-state index contributed by atoms with van der Waals surface area (Å²) >= 11 is 0. The maximum absolute atomic E-state index is 12.4. The number of carboxylic acid groups (broad SMARTS) is 2. The Kier molecular flexibility index (Phi) is 8.33. The average molecular weight is 514 g/mol. The first-order valence-corrected chi connectivity index (χ1v) is 11.7. The second-order valence-electron chi connectivity index (χ2n) is 9.79. The van der Waals surface area contributed by atoms with Crippen molar-refractivity contribution in [2.24, 2.45) is 10.4 Å². The van der Waals surface area contributed by atoms with Gasteiger partial charge in [0.1, 0.15) is 17.7 Å². The van der Waals surface area contributed by atoms with E-state index in [9.17, 15) is 29.4 Å². The topological polar surface area (TPSA) is 184 Å². The quantitative estimate of drug-likeness (QED) is 0.279. The summed E-state index contributed by atoms with van der Waals surface area (Å²) in [4.78, 5) is 55.6. The van der Waals surface area contributed by atoms with Gasteiger partial charge in [-0.05, 0) is 36.6 Å². The zero-order chi connectivity index (χ0) is 27.3. The van der Waals surface area contributed by atoms with E-state index >= 15 is 0 Å². The van der Waals surface area contributed by atoms with Gasteiger partial charge < -0.3 is 35.8 Å². The number of carbonyl (C=O) groups is 4. The molecule has 0 saturated carbocycles. The van der Waals surface area contributed by atoms with Gasteiger partial charge in [-0.25, -0.2) is 9.79 Å². The molecule has 0 bridgehead atoms. The zero-order valence-corrected chi connectivity index (χ0v) is 20.8. The monoisotopic (exact) mass is 513 g/mol. The van der Waals surface area contributed by atoms with Crippen LogP contribution in [0.25, 0.3) is 0 Å². The van der Waals surface area contributed by atoms with Gasteiger partial charge in [-0.15, -0.1) is 0 Å². The first kappa shape index (κ1) is 27.4. The number of aliphatic carboxylic acids is 2. The summed E-state index contributed by atoms with van der Waals surface area (Å²) in [6.45, 7) is 5.82. The highest BCUT2D eigenvalue weighted by atomic mass is 16.4. The lowest BCUT2D eigenvalue weighted by atomic mass is 9.96. The molecule has 12 nitrogen and oxygen atoms in total. The van der Waals surface area contributed by atoms with E-state index in [1.54, 1.807) is 56.0 Å². The van der Waals surface area contributed by atoms with Crippen LogP contribution in [0.1, 0.15) is 61.3 Å². The van der Waals surface area contributed by atoms with Gasteiger partial charge in [0, 0.05) is 29.5 Å². The maximum atomic E-state index is 12.4. The predicted molar refractivity (Wildman–Crippen MR) is 135 cm³/mol. The molecule has 1 aromatic carbocycles. The molecule has 2 heterocycles. The Labute approximate surface area is 213 Å². The van der Waals surface area contributed by atoms with Crippen molar-refractivity contribution in [1.29, 1.82) is 0 Å². The van der Waals surface area contributed by atoms with Gasteiger partial charge in [0.2, 0.25) is 5.91 Å². The number of rotatable bonds is 10. The molecule has 0 radical (unpaired) electrons. The predicted octanol–water partition coefficient (Wildman–Crippen LogP) is 2.26. The highest BCUT2D eigenvalue weighted by molar-refractivity contribution is 5.96. The molecule has 198 valence electrons. The summed E-state index contributed by atoms with van der Waals surface area (Å²) in [7, 11) is 0. The van der Waals surface area contributed by atoms with Crippen LogP contribution in [0, 0.1) is 5.41 Å². The molecule has 1 unspecified atom stereocenters. The van der Waals surface area contributed by atoms with Gasteiger partial charge >= 0.3 is 11.9 Å². The number of aliphatic hydroxyl groups is 1. The number of benzene rings is 1. The highest BCUT2D eigenvalue weighted by Crippen LogP contribution is 2.34. The molecular weight excluding hydrogens is 482 g/mol. The first-order valence-electron chi connectivity index (χ1n) is 11.7. The Bertz CT molecular complexity index is 1200. The van der Waals surface area contributed by atoms with Crippen molar-refractivity contribution in [1.82, 2.24) is 15.2 Å². The molecule has 2 aromatic rings. The summed E-state index contributed by atoms with van der Waals surface area (Å²) < 4.78 is 0. The van der Waals surface area contributed by atoms with E-state index in [1.165, 1.54) is 6.34 Å². The number of carbonyl (C=O) groups excluding carboxylic acids is 2. The minimum atomic E-state index is -1.30. The standard InChI is InChI=1S/C25H31N5O7/c1-25(2,3)24(37)29-18-12-16-20(28-18)26-13-30(22(16)34)11-10-14-4-6-15(7-5-14)21(33)27-17(23(35)36)8-9-19(31)32/h4-7,12-13,17,22,28,34H,8-11H2,1-3H3,(H,27,33)(H,29,37)(H,31,32)(H,35,36)/t17-,22?/m0/s1. The van der Waals surface area contributed by atoms with Gasteiger partial charge in [-0.2, -0.15) is 0 Å². The summed E-state index contributed by atoms with van der Waals surface area (Å²) in [5.41, 5.74) is 1.07. The minimum absolute atomic E-state index is 0.169. The van der Waals surface area contributed by atoms with Crippen molar-refractivity contribution in [3.8, 4) is 0 Å². The zero-order valence-electron chi connectivity index (χ0n) is 20.8. The van der Waals surface area contributed by atoms with Crippen molar-refractivity contribution in [3.05, 3.63) is 47.0 Å². The molecule has 3 rings (SSSR count). The highest BCUT2D eigenvalue weighted by Gasteiger charge is 2.27. The summed E-state index contributed by atoms with van der Waals surface area (Å²) in [5, 5.41) is 33.9. The lowest BCUT2D eigenvalue weighted by Gasteiger charge is -2.28. The molecule has 1 aliphatic heterocycles. The molecule has 2 atom stereocenters. The van der Waals surface area contributed by atoms with E-state index in [1.807, 2.05) is 0 Å². The molecule has 2 amide bonds. The van der Waals surface area contributed by atoms with Gasteiger partial charge in [0.15, 0.2) is 6.23 Å². The minimum Gasteiger partial charge on any atom is -0.481 e. The van der Waals surface area contributed by atoms with E-state index in [4.69, 9.17) is 5.11 Å². The van der Waals surface area contributed by atoms with Crippen molar-refractivity contribution in [3.63, 3.8) is 0 Å². The molecule has 1 aromatic heterocycles. The van der Waals surface area contributed by atoms with Crippen molar-refractivity contribution in [2.75, 3.05) is 11.9 Å². The Morgan fingerprint density at radius 1 is 1.14 bits per heavy atom. The largest absolute Gasteiger partial charge is 0.481 e. The van der Waals surface area contributed by atoms with E-state index in [0.717, 1.165) is 5.56 Å². The summed E-state index contributed by atoms with van der Waals surface area (Å²) in [6.07, 6.45) is 0.479. The number of aromatic nitrogens is 1. The number of aliphatic imine (C=N–C) groups is 1. The third kappa shape index (κ3) is 7.17. The maximum Gasteiger partial charge on any atom is 0.326 e. The number of hydrogen-bond acceptors (Lipinski definition) is 7. The second kappa shape index (κ2) is 11.2. The van der Waals surface area contributed by atoms with Crippen LogP contribution in [0.5, 0.6) is 0 Å². The van der Waals surface area contributed by atoms with Gasteiger partial charge in [-0.1, -0.05) is 32.9 Å². The van der Waals surface area contributed by atoms with Gasteiger partial charge in [0.05, 0.1) is 6.34 Å². The normalized spacial score (nSPS) is 15.6. The van der Waals surface area contributed by atoms with Crippen molar-refractivity contribution in [2.45, 2.75) is 52.3 Å². The van der Waals surface area contributed by atoms with Crippen LogP contribution in [-0.4, -0.2) is 67.9 Å². The van der Waals surface area contributed by atoms with Gasteiger partial charge in [0.25, 0.3) is 5.91 Å². The molecule has 12 heteroatoms. The van der Waals surface area contributed by atoms with Crippen LogP contribution in [0.15, 0.2) is 35.3 Å². The van der Waals surface area contributed by atoms with E-state index in [0.29, 0.717) is 30.2 Å². The number of aromatic amines is 1. The smallest absolute Gasteiger partial charge is 0.326 e. The Balaban J connectivity index is 1.56. The Morgan fingerprint density at radius 2 is 1.81 bits per heavy atom. The second-order valence-corrected chi connectivity index (χ2v) is 9.79. The lowest BCUT2D eigenvalue weighted by Crippen LogP contribution is -2.41. The Morgan fingerprint density at radius 3 is 2.41 bits per heavy atom. The van der Waals surface area contributed by atoms with E-state index < -0.39 is 35.5 Å². The van der Waals surface area contributed by atoms with Crippen molar-refractivity contribution >= 4 is 41.7 Å². The number of amides is 2. The molecule has 0 saturated heterocycles. The summed E-state index contributed by atoms with van der Waals surface area (Å²) in [5.74, 6) is -2.32. The van der Waals surface area contributed by atoms with Gasteiger partial charge in [-0.3, -0.25) is 14.4 Å². The third-order valence-electron chi connectivity index (χ3n) is 5.81. The number of H-pyrrole nitrogens is 1. The number of carboxylic acids is 2. The van der Waals surface area contributed by atoms with Crippen LogP contribution in [0.3, 0.4) is 0 Å². The molecule has 0 spiro atoms. The fraction of sp³-hybridized carbons (Fsp3) is 0.400. The van der Waals surface area contributed by atoms with Crippen LogP contribution in [-0.2, 0) is 20.8 Å². The van der Waals surface area contributed by atoms with Crippen LogP contribution < -0.4 is 10.6 Å². The third-order valence-corrected chi connectivity index (χ3v) is 5.81. The van der Waals surface area contributed by atoms with Crippen LogP contribution >= 0.6 is 0 Å². The number of fused-ring (bicyclic) bond motifs is 1. The summed E-state index contributed by atoms with van der Waals surface area (Å²) in [6, 6.07) is 6.89.